The third-order valence-corrected chi connectivity index (χ3v) is 12.2. The summed E-state index contributed by atoms with van der Waals surface area (Å²) >= 11 is 0. The molecule has 0 bridgehead atoms. The van der Waals surface area contributed by atoms with E-state index in [1.807, 2.05) is 152 Å². The Hall–Kier alpha value is -8.82. The molecule has 0 fully saturated rings. The molecule has 8 aromatic carbocycles. The van der Waals surface area contributed by atoms with Crippen molar-refractivity contribution < 1.29 is 9.21 Å². The Morgan fingerprint density at radius 3 is 1.86 bits per heavy atom. The summed E-state index contributed by atoms with van der Waals surface area (Å²) in [5, 5.41) is 4.45. The van der Waals surface area contributed by atoms with Crippen molar-refractivity contribution in [1.29, 1.82) is 0 Å². The number of fused-ring (bicyclic) bond motifs is 10. The fourth-order valence-corrected chi connectivity index (χ4v) is 9.22. The van der Waals surface area contributed by atoms with Gasteiger partial charge in [-0.2, -0.15) is 9.97 Å². The van der Waals surface area contributed by atoms with Crippen LogP contribution in [0, 0.1) is 0 Å². The highest BCUT2D eigenvalue weighted by Crippen LogP contribution is 2.40. The fraction of sp³-hybridized carbons (Fsp3) is 0. The SMILES string of the molecule is O=C1c2cc(-c3cccc4oc5ccccc5c34)ccc2-n2c1nc1cc(-c3ccc4c(c3)c3ccccc3n4-c3nc(-c4ccccc4)nc(-c4ccccc4)n3)ccc1c2=O. The highest BCUT2D eigenvalue weighted by Gasteiger charge is 2.31. The van der Waals surface area contributed by atoms with E-state index < -0.39 is 0 Å². The molecule has 0 atom stereocenters. The second-order valence-corrected chi connectivity index (χ2v) is 15.7. The summed E-state index contributed by atoms with van der Waals surface area (Å²) in [4.78, 5) is 48.3. The maximum absolute atomic E-state index is 14.2. The molecule has 4 aromatic heterocycles. The second-order valence-electron chi connectivity index (χ2n) is 15.7. The molecule has 1 aliphatic heterocycles. The molecule has 0 aliphatic carbocycles. The van der Waals surface area contributed by atoms with Crippen LogP contribution in [-0.2, 0) is 0 Å². The maximum Gasteiger partial charge on any atom is 0.266 e. The predicted molar refractivity (Wildman–Crippen MR) is 248 cm³/mol. The molecule has 12 aromatic rings. The Morgan fingerprint density at radius 1 is 0.413 bits per heavy atom. The molecule has 294 valence electrons. The van der Waals surface area contributed by atoms with Gasteiger partial charge in [0.05, 0.1) is 33.2 Å². The Kier molecular flexibility index (Phi) is 7.41. The number of rotatable bonds is 5. The molecule has 0 unspecified atom stereocenters. The molecule has 13 rings (SSSR count). The first kappa shape index (κ1) is 35.0. The first-order chi connectivity index (χ1) is 31.1. The van der Waals surface area contributed by atoms with Crippen molar-refractivity contribution in [1.82, 2.24) is 29.1 Å². The number of para-hydroxylation sites is 2. The minimum Gasteiger partial charge on any atom is -0.456 e. The number of benzene rings is 8. The number of hydrogen-bond acceptors (Lipinski definition) is 7. The van der Waals surface area contributed by atoms with Crippen LogP contribution in [0.5, 0.6) is 0 Å². The molecule has 0 N–H and O–H groups in total. The minimum absolute atomic E-state index is 0.101. The minimum atomic E-state index is -0.293. The van der Waals surface area contributed by atoms with Crippen LogP contribution in [-0.4, -0.2) is 34.9 Å². The van der Waals surface area contributed by atoms with E-state index in [-0.39, 0.29) is 17.2 Å². The van der Waals surface area contributed by atoms with Crippen molar-refractivity contribution in [2.24, 2.45) is 0 Å². The summed E-state index contributed by atoms with van der Waals surface area (Å²) in [7, 11) is 0. The molecule has 9 heteroatoms. The van der Waals surface area contributed by atoms with Gasteiger partial charge in [-0.15, -0.1) is 0 Å². The summed E-state index contributed by atoms with van der Waals surface area (Å²) in [6, 6.07) is 59.6. The average Bonchev–Trinajstić information content (AvgIpc) is 3.99. The molecule has 0 radical (unpaired) electrons. The molecular weight excluding hydrogens is 781 g/mol. The molecular formula is C54H30N6O3. The van der Waals surface area contributed by atoms with Crippen LogP contribution in [0.1, 0.15) is 16.2 Å². The van der Waals surface area contributed by atoms with Gasteiger partial charge in [0.25, 0.3) is 5.56 Å². The quantitative estimate of drug-likeness (QED) is 0.170. The molecule has 1 aliphatic rings. The van der Waals surface area contributed by atoms with Gasteiger partial charge >= 0.3 is 0 Å². The van der Waals surface area contributed by atoms with E-state index in [4.69, 9.17) is 24.4 Å². The zero-order valence-electron chi connectivity index (χ0n) is 33.2. The van der Waals surface area contributed by atoms with Crippen molar-refractivity contribution in [3.05, 3.63) is 204 Å². The van der Waals surface area contributed by atoms with Crippen LogP contribution in [0.4, 0.5) is 0 Å². The van der Waals surface area contributed by atoms with Gasteiger partial charge in [0.15, 0.2) is 17.5 Å². The van der Waals surface area contributed by atoms with E-state index in [0.29, 0.717) is 39.8 Å². The lowest BCUT2D eigenvalue weighted by molar-refractivity contribution is 0.103. The third kappa shape index (κ3) is 5.30. The zero-order valence-corrected chi connectivity index (χ0v) is 33.2. The van der Waals surface area contributed by atoms with Gasteiger partial charge in [0, 0.05) is 32.7 Å². The fourth-order valence-electron chi connectivity index (χ4n) is 9.22. The number of furan rings is 1. The lowest BCUT2D eigenvalue weighted by Crippen LogP contribution is -2.21. The van der Waals surface area contributed by atoms with Crippen molar-refractivity contribution in [3.8, 4) is 56.7 Å². The Labute approximate surface area is 357 Å². The van der Waals surface area contributed by atoms with Gasteiger partial charge in [-0.3, -0.25) is 18.7 Å². The van der Waals surface area contributed by atoms with Gasteiger partial charge < -0.3 is 4.42 Å². The number of hydrogen-bond donors (Lipinski definition) is 0. The number of carbonyl (C=O) groups is 1. The average molecular weight is 811 g/mol. The van der Waals surface area contributed by atoms with Crippen LogP contribution in [0.3, 0.4) is 0 Å². The second kappa shape index (κ2) is 13.3. The molecule has 63 heavy (non-hydrogen) atoms. The van der Waals surface area contributed by atoms with E-state index in [9.17, 15) is 9.59 Å². The van der Waals surface area contributed by atoms with Crippen molar-refractivity contribution in [2.45, 2.75) is 0 Å². The molecule has 0 amide bonds. The van der Waals surface area contributed by atoms with Crippen LogP contribution < -0.4 is 5.56 Å². The van der Waals surface area contributed by atoms with E-state index in [2.05, 4.69) is 34.9 Å². The van der Waals surface area contributed by atoms with Crippen molar-refractivity contribution >= 4 is 60.4 Å². The summed E-state index contributed by atoms with van der Waals surface area (Å²) in [5.41, 5.74) is 9.96. The topological polar surface area (TPSA) is 109 Å². The van der Waals surface area contributed by atoms with Gasteiger partial charge in [-0.05, 0) is 76.9 Å². The van der Waals surface area contributed by atoms with Gasteiger partial charge in [0.1, 0.15) is 11.2 Å². The normalized spacial score (nSPS) is 12.2. The van der Waals surface area contributed by atoms with E-state index in [1.165, 1.54) is 4.57 Å². The summed E-state index contributed by atoms with van der Waals surface area (Å²) < 4.78 is 9.69. The lowest BCUT2D eigenvalue weighted by Gasteiger charge is -2.11. The molecule has 5 heterocycles. The maximum atomic E-state index is 14.2. The number of aromatic nitrogens is 6. The molecule has 0 spiro atoms. The number of nitrogens with zero attached hydrogens (tertiary/aromatic N) is 6. The van der Waals surface area contributed by atoms with E-state index in [0.717, 1.165) is 77.1 Å². The summed E-state index contributed by atoms with van der Waals surface area (Å²) in [6.45, 7) is 0. The van der Waals surface area contributed by atoms with Gasteiger partial charge in [-0.1, -0.05) is 127 Å². The lowest BCUT2D eigenvalue weighted by atomic mass is 9.97. The van der Waals surface area contributed by atoms with Gasteiger partial charge in [0.2, 0.25) is 11.7 Å². The monoisotopic (exact) mass is 810 g/mol. The molecule has 0 saturated heterocycles. The van der Waals surface area contributed by atoms with E-state index in [1.54, 1.807) is 0 Å². The Morgan fingerprint density at radius 2 is 1.06 bits per heavy atom. The van der Waals surface area contributed by atoms with Crippen LogP contribution in [0.15, 0.2) is 191 Å². The number of carbonyl (C=O) groups excluding carboxylic acids is 1. The van der Waals surface area contributed by atoms with Gasteiger partial charge in [-0.25, -0.2) is 9.97 Å². The smallest absolute Gasteiger partial charge is 0.266 e. The first-order valence-electron chi connectivity index (χ1n) is 20.6. The van der Waals surface area contributed by atoms with Crippen LogP contribution in [0.25, 0.3) is 111 Å². The number of ketones is 1. The largest absolute Gasteiger partial charge is 0.456 e. The highest BCUT2D eigenvalue weighted by atomic mass is 16.3. The standard InChI is InChI=1S/C54H30N6O3/c61-49-41-29-35(36-18-11-21-47-48(36)39-17-8-10-20-46(39)63-47)24-27-45(41)60-52(49)55-42-30-34(22-25-38(42)53(60)62)33-23-26-44-40(28-33)37-16-7-9-19-43(37)59(44)54-57-50(31-12-3-1-4-13-31)56-51(58-54)32-14-5-2-6-15-32/h1-30H. The summed E-state index contributed by atoms with van der Waals surface area (Å²) in [5.74, 6) is 1.48. The van der Waals surface area contributed by atoms with Crippen LogP contribution in [0.2, 0.25) is 0 Å². The first-order valence-corrected chi connectivity index (χ1v) is 20.6. The zero-order chi connectivity index (χ0) is 41.8. The molecule has 9 nitrogen and oxygen atoms in total. The Bertz CT molecular complexity index is 3900. The van der Waals surface area contributed by atoms with Crippen molar-refractivity contribution in [3.63, 3.8) is 0 Å². The highest BCUT2D eigenvalue weighted by molar-refractivity contribution is 6.16. The van der Waals surface area contributed by atoms with Crippen LogP contribution >= 0.6 is 0 Å². The predicted octanol–water partition coefficient (Wildman–Crippen LogP) is 11.8. The Balaban J connectivity index is 0.914. The van der Waals surface area contributed by atoms with E-state index >= 15 is 0 Å². The summed E-state index contributed by atoms with van der Waals surface area (Å²) in [6.07, 6.45) is 0. The third-order valence-electron chi connectivity index (χ3n) is 12.2. The van der Waals surface area contributed by atoms with Crippen molar-refractivity contribution in [2.75, 3.05) is 0 Å². The molecule has 0 saturated carbocycles.